The van der Waals surface area contributed by atoms with Gasteiger partial charge in [0.05, 0.1) is 4.92 Å². The van der Waals surface area contributed by atoms with Gasteiger partial charge in [-0.25, -0.2) is 0 Å². The maximum atomic E-state index is 10.8. The monoisotopic (exact) mass is 294 g/mol. The van der Waals surface area contributed by atoms with Crippen LogP contribution >= 0.6 is 0 Å². The molecule has 0 atom stereocenters. The lowest BCUT2D eigenvalue weighted by molar-refractivity contribution is -0.384. The van der Waals surface area contributed by atoms with Crippen molar-refractivity contribution < 1.29 is 4.92 Å². The Morgan fingerprint density at radius 1 is 1.09 bits per heavy atom. The fraction of sp³-hybridized carbons (Fsp3) is 0.222. The van der Waals surface area contributed by atoms with Crippen LogP contribution < -0.4 is 0 Å². The summed E-state index contributed by atoms with van der Waals surface area (Å²) >= 11 is 0. The molecule has 0 radical (unpaired) electrons. The van der Waals surface area contributed by atoms with E-state index in [0.29, 0.717) is 5.92 Å². The van der Waals surface area contributed by atoms with Crippen molar-refractivity contribution in [2.45, 2.75) is 26.3 Å². The summed E-state index contributed by atoms with van der Waals surface area (Å²) in [6.45, 7) is 5.13. The van der Waals surface area contributed by atoms with E-state index in [-0.39, 0.29) is 10.6 Å². The Morgan fingerprint density at radius 2 is 1.82 bits per heavy atom. The predicted molar refractivity (Wildman–Crippen MR) is 88.2 cm³/mol. The fourth-order valence-electron chi connectivity index (χ4n) is 2.64. The first-order valence-corrected chi connectivity index (χ1v) is 7.37. The van der Waals surface area contributed by atoms with E-state index in [1.165, 1.54) is 11.1 Å². The van der Waals surface area contributed by atoms with Crippen LogP contribution in [0.5, 0.6) is 0 Å². The van der Waals surface area contributed by atoms with Crippen LogP contribution in [-0.4, -0.2) is 9.49 Å². The molecule has 0 fully saturated rings. The van der Waals surface area contributed by atoms with Crippen LogP contribution in [0.15, 0.2) is 54.7 Å². The quantitative estimate of drug-likeness (QED) is 0.516. The highest BCUT2D eigenvalue weighted by Crippen LogP contribution is 2.23. The van der Waals surface area contributed by atoms with Gasteiger partial charge in [0.15, 0.2) is 0 Å². The number of hydrogen-bond acceptors (Lipinski definition) is 2. The van der Waals surface area contributed by atoms with Gasteiger partial charge in [0.25, 0.3) is 5.69 Å². The highest BCUT2D eigenvalue weighted by molar-refractivity contribution is 5.82. The first-order valence-electron chi connectivity index (χ1n) is 7.37. The second-order valence-corrected chi connectivity index (χ2v) is 5.84. The van der Waals surface area contributed by atoms with Gasteiger partial charge in [0, 0.05) is 35.8 Å². The van der Waals surface area contributed by atoms with Crippen molar-refractivity contribution in [2.75, 3.05) is 0 Å². The molecule has 3 rings (SSSR count). The van der Waals surface area contributed by atoms with Crippen LogP contribution in [0.3, 0.4) is 0 Å². The molecule has 0 N–H and O–H groups in total. The van der Waals surface area contributed by atoms with E-state index in [9.17, 15) is 10.1 Å². The molecule has 0 aliphatic heterocycles. The summed E-state index contributed by atoms with van der Waals surface area (Å²) < 4.78 is 2.11. The molecule has 0 amide bonds. The third-order valence-electron chi connectivity index (χ3n) is 3.96. The zero-order chi connectivity index (χ0) is 15.7. The Bertz CT molecular complexity index is 817. The number of nitro groups is 1. The lowest BCUT2D eigenvalue weighted by Crippen LogP contribution is -1.98. The van der Waals surface area contributed by atoms with Gasteiger partial charge in [-0.2, -0.15) is 0 Å². The Balaban J connectivity index is 1.89. The molecule has 0 saturated heterocycles. The number of hydrogen-bond donors (Lipinski definition) is 0. The average Bonchev–Trinajstić information content (AvgIpc) is 2.90. The predicted octanol–water partition coefficient (Wildman–Crippen LogP) is 4.72. The molecule has 0 bridgehead atoms. The molecule has 1 heterocycles. The highest BCUT2D eigenvalue weighted by Gasteiger charge is 2.09. The molecule has 22 heavy (non-hydrogen) atoms. The summed E-state index contributed by atoms with van der Waals surface area (Å²) in [5.74, 6) is 0.530. The summed E-state index contributed by atoms with van der Waals surface area (Å²) in [5.41, 5.74) is 3.70. The van der Waals surface area contributed by atoms with Crippen LogP contribution in [0.4, 0.5) is 5.69 Å². The van der Waals surface area contributed by atoms with Crippen molar-refractivity contribution in [1.29, 1.82) is 0 Å². The van der Waals surface area contributed by atoms with E-state index in [0.717, 1.165) is 17.4 Å². The Morgan fingerprint density at radius 3 is 2.45 bits per heavy atom. The van der Waals surface area contributed by atoms with Crippen LogP contribution in [-0.2, 0) is 6.54 Å². The molecule has 0 spiro atoms. The Hall–Kier alpha value is -2.62. The van der Waals surface area contributed by atoms with E-state index < -0.39 is 0 Å². The van der Waals surface area contributed by atoms with E-state index >= 15 is 0 Å². The van der Waals surface area contributed by atoms with Gasteiger partial charge in [-0.05, 0) is 29.2 Å². The third kappa shape index (κ3) is 2.72. The number of fused-ring (bicyclic) bond motifs is 1. The van der Waals surface area contributed by atoms with Crippen LogP contribution in [0, 0.1) is 10.1 Å². The molecular formula is C18H18N2O2. The highest BCUT2D eigenvalue weighted by atomic mass is 16.6. The van der Waals surface area contributed by atoms with Gasteiger partial charge in [0.2, 0.25) is 0 Å². The summed E-state index contributed by atoms with van der Waals surface area (Å²) in [5, 5.41) is 11.7. The minimum absolute atomic E-state index is 0.131. The van der Waals surface area contributed by atoms with Gasteiger partial charge in [-0.3, -0.25) is 10.1 Å². The van der Waals surface area contributed by atoms with Gasteiger partial charge in [-0.1, -0.05) is 38.1 Å². The molecule has 4 nitrogen and oxygen atoms in total. The number of non-ortho nitro benzene ring substituents is 1. The summed E-state index contributed by atoms with van der Waals surface area (Å²) in [6, 6.07) is 15.5. The van der Waals surface area contributed by atoms with Gasteiger partial charge in [0.1, 0.15) is 0 Å². The second-order valence-electron chi connectivity index (χ2n) is 5.84. The van der Waals surface area contributed by atoms with E-state index in [1.807, 2.05) is 18.3 Å². The number of nitro benzene ring substituents is 1. The van der Waals surface area contributed by atoms with Crippen LogP contribution in [0.2, 0.25) is 0 Å². The average molecular weight is 294 g/mol. The standard InChI is InChI=1S/C18H18N2O2/c1-13(2)15-5-3-14(4-6-15)12-19-10-9-16-11-17(20(21)22)7-8-18(16)19/h3-11,13H,12H2,1-2H3. The molecule has 0 unspecified atom stereocenters. The number of nitrogens with zero attached hydrogens (tertiary/aromatic N) is 2. The topological polar surface area (TPSA) is 48.1 Å². The van der Waals surface area contributed by atoms with E-state index in [4.69, 9.17) is 0 Å². The lowest BCUT2D eigenvalue weighted by atomic mass is 10.0. The molecule has 0 aliphatic carbocycles. The van der Waals surface area contributed by atoms with Crippen molar-refractivity contribution in [3.63, 3.8) is 0 Å². The summed E-state index contributed by atoms with van der Waals surface area (Å²) in [4.78, 5) is 10.5. The summed E-state index contributed by atoms with van der Waals surface area (Å²) in [7, 11) is 0. The molecule has 3 aromatic rings. The Kier molecular flexibility index (Phi) is 3.67. The van der Waals surface area contributed by atoms with Crippen molar-refractivity contribution in [3.8, 4) is 0 Å². The smallest absolute Gasteiger partial charge is 0.270 e. The molecule has 0 saturated carbocycles. The molecule has 112 valence electrons. The largest absolute Gasteiger partial charge is 0.343 e. The molecule has 1 aromatic heterocycles. The normalized spacial score (nSPS) is 11.2. The second kappa shape index (κ2) is 5.64. The molecular weight excluding hydrogens is 276 g/mol. The summed E-state index contributed by atoms with van der Waals surface area (Å²) in [6.07, 6.45) is 1.98. The van der Waals surface area contributed by atoms with Crippen LogP contribution in [0.1, 0.15) is 30.9 Å². The minimum atomic E-state index is -0.360. The molecule has 0 aliphatic rings. The van der Waals surface area contributed by atoms with Crippen molar-refractivity contribution in [3.05, 3.63) is 76.0 Å². The third-order valence-corrected chi connectivity index (χ3v) is 3.96. The lowest BCUT2D eigenvalue weighted by Gasteiger charge is -2.09. The van der Waals surface area contributed by atoms with E-state index in [1.54, 1.807) is 12.1 Å². The zero-order valence-electron chi connectivity index (χ0n) is 12.7. The number of rotatable bonds is 4. The van der Waals surface area contributed by atoms with Gasteiger partial charge in [-0.15, -0.1) is 0 Å². The van der Waals surface area contributed by atoms with Crippen molar-refractivity contribution >= 4 is 16.6 Å². The zero-order valence-corrected chi connectivity index (χ0v) is 12.7. The fourth-order valence-corrected chi connectivity index (χ4v) is 2.64. The maximum absolute atomic E-state index is 10.8. The van der Waals surface area contributed by atoms with Crippen molar-refractivity contribution in [2.24, 2.45) is 0 Å². The van der Waals surface area contributed by atoms with Gasteiger partial charge >= 0.3 is 0 Å². The SMILES string of the molecule is CC(C)c1ccc(Cn2ccc3cc([N+](=O)[O-])ccc32)cc1. The van der Waals surface area contributed by atoms with Crippen LogP contribution in [0.25, 0.3) is 10.9 Å². The number of aromatic nitrogens is 1. The first-order chi connectivity index (χ1) is 10.5. The van der Waals surface area contributed by atoms with E-state index in [2.05, 4.69) is 42.7 Å². The maximum Gasteiger partial charge on any atom is 0.270 e. The molecule has 4 heteroatoms. The number of benzene rings is 2. The van der Waals surface area contributed by atoms with Gasteiger partial charge < -0.3 is 4.57 Å². The first kappa shape index (κ1) is 14.3. The van der Waals surface area contributed by atoms with Crippen molar-refractivity contribution in [1.82, 2.24) is 4.57 Å². The Labute approximate surface area is 129 Å². The molecule has 2 aromatic carbocycles. The minimum Gasteiger partial charge on any atom is -0.343 e.